The molecule has 1 N–H and O–H groups in total. The molecule has 0 aliphatic heterocycles. The van der Waals surface area contributed by atoms with E-state index in [4.69, 9.17) is 9.84 Å². The van der Waals surface area contributed by atoms with Gasteiger partial charge in [-0.2, -0.15) is 0 Å². The van der Waals surface area contributed by atoms with Crippen molar-refractivity contribution in [3.05, 3.63) is 83.4 Å². The van der Waals surface area contributed by atoms with E-state index in [1.54, 1.807) is 12.1 Å². The maximum Gasteiger partial charge on any atom is 0.335 e. The van der Waals surface area contributed by atoms with Crippen LogP contribution in [-0.2, 0) is 0 Å². The molecule has 4 heteroatoms. The van der Waals surface area contributed by atoms with Gasteiger partial charge in [-0.15, -0.1) is 0 Å². The predicted molar refractivity (Wildman–Crippen MR) is 114 cm³/mol. The monoisotopic (exact) mass is 375 g/mol. The Kier molecular flexibility index (Phi) is 6.45. The van der Waals surface area contributed by atoms with E-state index in [0.29, 0.717) is 12.2 Å². The molecule has 0 radical (unpaired) electrons. The number of hydrogen-bond donors (Lipinski definition) is 1. The second-order valence-electron chi connectivity index (χ2n) is 7.04. The Morgan fingerprint density at radius 2 is 1.71 bits per heavy atom. The number of nitrogens with zero attached hydrogens (tertiary/aromatic N) is 1. The summed E-state index contributed by atoms with van der Waals surface area (Å²) in [5, 5.41) is 11.3. The Labute approximate surface area is 165 Å². The Morgan fingerprint density at radius 1 is 1.00 bits per heavy atom. The van der Waals surface area contributed by atoms with Gasteiger partial charge >= 0.3 is 5.97 Å². The first-order valence-corrected chi connectivity index (χ1v) is 9.31. The topological polar surface area (TPSA) is 49.8 Å². The van der Waals surface area contributed by atoms with Gasteiger partial charge in [0.1, 0.15) is 5.75 Å². The third-order valence-electron chi connectivity index (χ3n) is 4.48. The van der Waals surface area contributed by atoms with Crippen molar-refractivity contribution in [1.82, 2.24) is 4.90 Å². The molecule has 3 aromatic carbocycles. The summed E-state index contributed by atoms with van der Waals surface area (Å²) in [5.74, 6) is -0.0133. The van der Waals surface area contributed by atoms with Gasteiger partial charge in [-0.3, -0.25) is 0 Å². The second kappa shape index (κ2) is 9.20. The summed E-state index contributed by atoms with van der Waals surface area (Å²) in [6.07, 6.45) is 2.90. The molecular formula is C24H25NO3. The van der Waals surface area contributed by atoms with Gasteiger partial charge in [-0.1, -0.05) is 60.2 Å². The molecule has 144 valence electrons. The lowest BCUT2D eigenvalue weighted by molar-refractivity contribution is 0.0697. The third-order valence-corrected chi connectivity index (χ3v) is 4.48. The minimum atomic E-state index is -0.910. The Morgan fingerprint density at radius 3 is 2.43 bits per heavy atom. The minimum absolute atomic E-state index is 0.297. The zero-order chi connectivity index (χ0) is 19.9. The SMILES string of the molecule is CN(C)CC(=Cc1ccc(C(=O)O)cc1)CCOc1cccc2ccccc12. The molecule has 0 aliphatic carbocycles. The minimum Gasteiger partial charge on any atom is -0.493 e. The van der Waals surface area contributed by atoms with Crippen LogP contribution in [0.3, 0.4) is 0 Å². The molecule has 0 heterocycles. The Bertz CT molecular complexity index is 969. The van der Waals surface area contributed by atoms with Crippen LogP contribution in [-0.4, -0.2) is 43.2 Å². The second-order valence-corrected chi connectivity index (χ2v) is 7.04. The van der Waals surface area contributed by atoms with Crippen LogP contribution < -0.4 is 4.74 Å². The average molecular weight is 375 g/mol. The van der Waals surface area contributed by atoms with E-state index in [-0.39, 0.29) is 0 Å². The van der Waals surface area contributed by atoms with E-state index >= 15 is 0 Å². The van der Waals surface area contributed by atoms with E-state index in [1.807, 2.05) is 50.5 Å². The standard InChI is InChI=1S/C24H25NO3/c1-25(2)17-19(16-18-10-12-21(13-11-18)24(26)27)14-15-28-23-9-5-7-20-6-3-4-8-22(20)23/h3-13,16H,14-15,17H2,1-2H3,(H,26,27). The fourth-order valence-electron chi connectivity index (χ4n) is 3.17. The molecule has 0 bridgehead atoms. The van der Waals surface area contributed by atoms with Gasteiger partial charge in [0.05, 0.1) is 12.2 Å². The van der Waals surface area contributed by atoms with Crippen molar-refractivity contribution in [3.8, 4) is 5.75 Å². The van der Waals surface area contributed by atoms with Gasteiger partial charge in [0.25, 0.3) is 0 Å². The lowest BCUT2D eigenvalue weighted by Crippen LogP contribution is -2.16. The van der Waals surface area contributed by atoms with E-state index in [2.05, 4.69) is 29.2 Å². The van der Waals surface area contributed by atoms with Crippen molar-refractivity contribution in [2.24, 2.45) is 0 Å². The normalized spacial score (nSPS) is 11.8. The number of rotatable bonds is 8. The quantitative estimate of drug-likeness (QED) is 0.605. The number of carboxylic acids is 1. The van der Waals surface area contributed by atoms with E-state index < -0.39 is 5.97 Å². The summed E-state index contributed by atoms with van der Waals surface area (Å²) in [6, 6.07) is 21.2. The van der Waals surface area contributed by atoms with Gasteiger partial charge in [0.15, 0.2) is 0 Å². The van der Waals surface area contributed by atoms with Gasteiger partial charge in [-0.05, 0) is 43.2 Å². The number of benzene rings is 3. The van der Waals surface area contributed by atoms with Crippen LogP contribution in [0, 0.1) is 0 Å². The molecule has 28 heavy (non-hydrogen) atoms. The van der Waals surface area contributed by atoms with Crippen molar-refractivity contribution in [1.29, 1.82) is 0 Å². The van der Waals surface area contributed by atoms with Gasteiger partial charge in [0.2, 0.25) is 0 Å². The van der Waals surface area contributed by atoms with E-state index in [0.717, 1.165) is 29.7 Å². The molecule has 0 fully saturated rings. The first-order chi connectivity index (χ1) is 13.5. The van der Waals surface area contributed by atoms with Gasteiger partial charge in [0, 0.05) is 18.4 Å². The predicted octanol–water partition coefficient (Wildman–Crippen LogP) is 4.95. The van der Waals surface area contributed by atoms with Gasteiger partial charge in [-0.25, -0.2) is 4.79 Å². The summed E-state index contributed by atoms with van der Waals surface area (Å²) in [6.45, 7) is 1.40. The van der Waals surface area contributed by atoms with Crippen LogP contribution >= 0.6 is 0 Å². The number of likely N-dealkylation sites (N-methyl/N-ethyl adjacent to an activating group) is 1. The van der Waals surface area contributed by atoms with E-state index in [1.165, 1.54) is 11.0 Å². The van der Waals surface area contributed by atoms with Crippen LogP contribution in [0.4, 0.5) is 0 Å². The highest BCUT2D eigenvalue weighted by Crippen LogP contribution is 2.25. The molecule has 0 unspecified atom stereocenters. The summed E-state index contributed by atoms with van der Waals surface area (Å²) in [5.41, 5.74) is 2.52. The largest absolute Gasteiger partial charge is 0.493 e. The third kappa shape index (κ3) is 5.21. The number of aromatic carboxylic acids is 1. The smallest absolute Gasteiger partial charge is 0.335 e. The van der Waals surface area contributed by atoms with Crippen molar-refractivity contribution in [2.45, 2.75) is 6.42 Å². The van der Waals surface area contributed by atoms with Crippen molar-refractivity contribution in [2.75, 3.05) is 27.2 Å². The van der Waals surface area contributed by atoms with Gasteiger partial charge < -0.3 is 14.7 Å². The fraction of sp³-hybridized carbons (Fsp3) is 0.208. The maximum atomic E-state index is 11.0. The van der Waals surface area contributed by atoms with Crippen molar-refractivity contribution < 1.29 is 14.6 Å². The molecule has 0 saturated heterocycles. The highest BCUT2D eigenvalue weighted by molar-refractivity contribution is 5.88. The van der Waals surface area contributed by atoms with E-state index in [9.17, 15) is 4.79 Å². The van der Waals surface area contributed by atoms with Crippen LogP contribution in [0.2, 0.25) is 0 Å². The lowest BCUT2D eigenvalue weighted by atomic mass is 10.1. The number of carbonyl (C=O) groups is 1. The zero-order valence-electron chi connectivity index (χ0n) is 16.3. The molecule has 0 amide bonds. The summed E-state index contributed by atoms with van der Waals surface area (Å²) in [7, 11) is 4.07. The fourth-order valence-corrected chi connectivity index (χ4v) is 3.17. The van der Waals surface area contributed by atoms with Crippen molar-refractivity contribution in [3.63, 3.8) is 0 Å². The maximum absolute atomic E-state index is 11.0. The summed E-state index contributed by atoms with van der Waals surface area (Å²) in [4.78, 5) is 13.1. The van der Waals surface area contributed by atoms with Crippen LogP contribution in [0.5, 0.6) is 5.75 Å². The van der Waals surface area contributed by atoms with Crippen molar-refractivity contribution >= 4 is 22.8 Å². The molecule has 0 aromatic heterocycles. The molecule has 0 saturated carbocycles. The summed E-state index contributed by atoms with van der Waals surface area (Å²) >= 11 is 0. The average Bonchev–Trinajstić information content (AvgIpc) is 2.68. The molecule has 4 nitrogen and oxygen atoms in total. The molecule has 3 rings (SSSR count). The first-order valence-electron chi connectivity index (χ1n) is 9.31. The molecule has 0 atom stereocenters. The van der Waals surface area contributed by atoms with Crippen LogP contribution in [0.15, 0.2) is 72.3 Å². The number of hydrogen-bond acceptors (Lipinski definition) is 3. The molecule has 0 spiro atoms. The number of fused-ring (bicyclic) bond motifs is 1. The Balaban J connectivity index is 1.71. The molecule has 0 aliphatic rings. The number of carboxylic acid groups (broad SMARTS) is 1. The first kappa shape index (κ1) is 19.6. The van der Waals surface area contributed by atoms with Crippen LogP contribution in [0.25, 0.3) is 16.8 Å². The molecular weight excluding hydrogens is 350 g/mol. The highest BCUT2D eigenvalue weighted by Gasteiger charge is 2.06. The lowest BCUT2D eigenvalue weighted by Gasteiger charge is -2.15. The van der Waals surface area contributed by atoms with Crippen LogP contribution in [0.1, 0.15) is 22.3 Å². The highest BCUT2D eigenvalue weighted by atomic mass is 16.5. The summed E-state index contributed by atoms with van der Waals surface area (Å²) < 4.78 is 6.08. The Hall–Kier alpha value is -3.11. The zero-order valence-corrected chi connectivity index (χ0v) is 16.3. The number of ether oxygens (including phenoxy) is 1. The molecule has 3 aromatic rings.